The molecule has 110 valence electrons. The van der Waals surface area contributed by atoms with Crippen LogP contribution >= 0.6 is 0 Å². The second-order valence-corrected chi connectivity index (χ2v) is 5.01. The second-order valence-electron chi connectivity index (χ2n) is 5.01. The molecule has 1 atom stereocenters. The summed E-state index contributed by atoms with van der Waals surface area (Å²) >= 11 is 0. The first-order valence-electron chi connectivity index (χ1n) is 6.26. The molecule has 1 rings (SSSR count). The molecular formula is C14H18F3N3. The molecule has 0 aliphatic carbocycles. The number of alkyl halides is 3. The highest BCUT2D eigenvalue weighted by molar-refractivity contribution is 5.54. The van der Waals surface area contributed by atoms with Crippen molar-refractivity contribution in [3.05, 3.63) is 29.3 Å². The Hall–Kier alpha value is -1.74. The lowest BCUT2D eigenvalue weighted by Crippen LogP contribution is -2.23. The van der Waals surface area contributed by atoms with Crippen molar-refractivity contribution in [3.8, 4) is 6.07 Å². The zero-order chi connectivity index (χ0) is 15.3. The van der Waals surface area contributed by atoms with Gasteiger partial charge in [-0.3, -0.25) is 0 Å². The van der Waals surface area contributed by atoms with Crippen LogP contribution in [0.4, 0.5) is 18.9 Å². The van der Waals surface area contributed by atoms with Crippen molar-refractivity contribution in [1.82, 2.24) is 4.90 Å². The van der Waals surface area contributed by atoms with Crippen molar-refractivity contribution in [2.75, 3.05) is 26.0 Å². The Morgan fingerprint density at radius 3 is 2.50 bits per heavy atom. The highest BCUT2D eigenvalue weighted by Crippen LogP contribution is 2.33. The fourth-order valence-electron chi connectivity index (χ4n) is 1.78. The van der Waals surface area contributed by atoms with Crippen LogP contribution < -0.4 is 5.32 Å². The standard InChI is InChI=1S/C14H18F3N3/c1-10(6-7-20(2)3)19-12-4-5-13(14(15,16)17)11(8-12)9-18/h4-5,8,10,19H,6-7H2,1-3H3. The van der Waals surface area contributed by atoms with Crippen LogP contribution in [0.3, 0.4) is 0 Å². The smallest absolute Gasteiger partial charge is 0.383 e. The Kier molecular flexibility index (Phi) is 5.40. The molecule has 0 aliphatic rings. The van der Waals surface area contributed by atoms with E-state index in [1.54, 1.807) is 6.07 Å². The fourth-order valence-corrected chi connectivity index (χ4v) is 1.78. The number of rotatable bonds is 5. The minimum atomic E-state index is -4.50. The zero-order valence-electron chi connectivity index (χ0n) is 11.8. The van der Waals surface area contributed by atoms with Crippen LogP contribution in [0.5, 0.6) is 0 Å². The van der Waals surface area contributed by atoms with E-state index in [1.165, 1.54) is 12.1 Å². The van der Waals surface area contributed by atoms with E-state index in [2.05, 4.69) is 5.32 Å². The predicted octanol–water partition coefficient (Wildman–Crippen LogP) is 3.33. The quantitative estimate of drug-likeness (QED) is 0.902. The first-order valence-corrected chi connectivity index (χ1v) is 6.26. The van der Waals surface area contributed by atoms with Gasteiger partial charge in [0.15, 0.2) is 0 Å². The molecule has 0 aliphatic heterocycles. The number of hydrogen-bond acceptors (Lipinski definition) is 3. The van der Waals surface area contributed by atoms with Gasteiger partial charge in [-0.05, 0) is 52.2 Å². The molecule has 0 aromatic heterocycles. The molecule has 0 amide bonds. The average molecular weight is 285 g/mol. The predicted molar refractivity (Wildman–Crippen MR) is 72.4 cm³/mol. The fraction of sp³-hybridized carbons (Fsp3) is 0.500. The Bertz CT molecular complexity index is 489. The van der Waals surface area contributed by atoms with Gasteiger partial charge in [-0.1, -0.05) is 0 Å². The molecule has 1 N–H and O–H groups in total. The van der Waals surface area contributed by atoms with Gasteiger partial charge >= 0.3 is 6.18 Å². The lowest BCUT2D eigenvalue weighted by molar-refractivity contribution is -0.137. The highest BCUT2D eigenvalue weighted by atomic mass is 19.4. The van der Waals surface area contributed by atoms with E-state index in [9.17, 15) is 13.2 Å². The minimum Gasteiger partial charge on any atom is -0.383 e. The van der Waals surface area contributed by atoms with Crippen molar-refractivity contribution in [2.45, 2.75) is 25.6 Å². The van der Waals surface area contributed by atoms with E-state index in [4.69, 9.17) is 5.26 Å². The summed E-state index contributed by atoms with van der Waals surface area (Å²) in [5, 5.41) is 11.9. The lowest BCUT2D eigenvalue weighted by Gasteiger charge is -2.18. The van der Waals surface area contributed by atoms with Crippen molar-refractivity contribution in [2.24, 2.45) is 0 Å². The Labute approximate surface area is 117 Å². The Morgan fingerprint density at radius 2 is 2.00 bits per heavy atom. The van der Waals surface area contributed by atoms with Gasteiger partial charge in [0, 0.05) is 11.7 Å². The largest absolute Gasteiger partial charge is 0.417 e. The van der Waals surface area contributed by atoms with Gasteiger partial charge in [-0.15, -0.1) is 0 Å². The normalized spacial score (nSPS) is 13.1. The molecule has 0 heterocycles. The third-order valence-electron chi connectivity index (χ3n) is 2.87. The molecule has 0 saturated carbocycles. The third-order valence-corrected chi connectivity index (χ3v) is 2.87. The summed E-state index contributed by atoms with van der Waals surface area (Å²) in [5.74, 6) is 0. The van der Waals surface area contributed by atoms with Crippen LogP contribution in [-0.4, -0.2) is 31.6 Å². The summed E-state index contributed by atoms with van der Waals surface area (Å²) in [6, 6.07) is 5.26. The monoisotopic (exact) mass is 285 g/mol. The topological polar surface area (TPSA) is 39.1 Å². The molecule has 0 spiro atoms. The van der Waals surface area contributed by atoms with E-state index in [0.29, 0.717) is 5.69 Å². The number of anilines is 1. The van der Waals surface area contributed by atoms with Crippen LogP contribution in [0.15, 0.2) is 18.2 Å². The number of benzene rings is 1. The molecular weight excluding hydrogens is 267 g/mol. The van der Waals surface area contributed by atoms with E-state index < -0.39 is 11.7 Å². The summed E-state index contributed by atoms with van der Waals surface area (Å²) in [6.45, 7) is 2.83. The maximum Gasteiger partial charge on any atom is 0.417 e. The molecule has 0 bridgehead atoms. The van der Waals surface area contributed by atoms with Crippen LogP contribution in [0.1, 0.15) is 24.5 Å². The van der Waals surface area contributed by atoms with Gasteiger partial charge in [0.05, 0.1) is 17.2 Å². The zero-order valence-corrected chi connectivity index (χ0v) is 11.8. The number of nitrogens with one attached hydrogen (secondary N) is 1. The van der Waals surface area contributed by atoms with Crippen LogP contribution in [0, 0.1) is 11.3 Å². The maximum absolute atomic E-state index is 12.7. The summed E-state index contributed by atoms with van der Waals surface area (Å²) < 4.78 is 38.0. The summed E-state index contributed by atoms with van der Waals surface area (Å²) in [5.41, 5.74) is -0.727. The van der Waals surface area contributed by atoms with Gasteiger partial charge in [-0.2, -0.15) is 18.4 Å². The lowest BCUT2D eigenvalue weighted by atomic mass is 10.1. The first-order chi connectivity index (χ1) is 9.24. The van der Waals surface area contributed by atoms with Gasteiger partial charge < -0.3 is 10.2 Å². The van der Waals surface area contributed by atoms with Gasteiger partial charge in [-0.25, -0.2) is 0 Å². The molecule has 0 fully saturated rings. The molecule has 1 unspecified atom stereocenters. The molecule has 3 nitrogen and oxygen atoms in total. The summed E-state index contributed by atoms with van der Waals surface area (Å²) in [7, 11) is 3.91. The van der Waals surface area contributed by atoms with E-state index >= 15 is 0 Å². The van der Waals surface area contributed by atoms with Crippen molar-refractivity contribution >= 4 is 5.69 Å². The van der Waals surface area contributed by atoms with Crippen LogP contribution in [0.25, 0.3) is 0 Å². The van der Waals surface area contributed by atoms with Gasteiger partial charge in [0.1, 0.15) is 0 Å². The van der Waals surface area contributed by atoms with Crippen LogP contribution in [0.2, 0.25) is 0 Å². The summed E-state index contributed by atoms with van der Waals surface area (Å²) in [6.07, 6.45) is -3.64. The molecule has 0 saturated heterocycles. The Balaban J connectivity index is 2.81. The maximum atomic E-state index is 12.7. The molecule has 0 radical (unpaired) electrons. The van der Waals surface area contributed by atoms with E-state index in [-0.39, 0.29) is 11.6 Å². The third kappa shape index (κ3) is 4.74. The first kappa shape index (κ1) is 16.3. The number of nitrogens with zero attached hydrogens (tertiary/aromatic N) is 2. The van der Waals surface area contributed by atoms with E-state index in [1.807, 2.05) is 25.9 Å². The summed E-state index contributed by atoms with van der Waals surface area (Å²) in [4.78, 5) is 2.03. The highest BCUT2D eigenvalue weighted by Gasteiger charge is 2.33. The van der Waals surface area contributed by atoms with Crippen molar-refractivity contribution in [1.29, 1.82) is 5.26 Å². The molecule has 20 heavy (non-hydrogen) atoms. The Morgan fingerprint density at radius 1 is 1.35 bits per heavy atom. The average Bonchev–Trinajstić information content (AvgIpc) is 2.34. The van der Waals surface area contributed by atoms with Crippen LogP contribution in [-0.2, 0) is 6.18 Å². The number of hydrogen-bond donors (Lipinski definition) is 1. The van der Waals surface area contributed by atoms with Gasteiger partial charge in [0.25, 0.3) is 0 Å². The molecule has 1 aromatic rings. The van der Waals surface area contributed by atoms with Crippen molar-refractivity contribution in [3.63, 3.8) is 0 Å². The molecule has 6 heteroatoms. The van der Waals surface area contributed by atoms with Crippen molar-refractivity contribution < 1.29 is 13.2 Å². The molecule has 1 aromatic carbocycles. The number of nitriles is 1. The number of halogens is 3. The SMILES string of the molecule is CC(CCN(C)C)Nc1ccc(C(F)(F)F)c(C#N)c1. The minimum absolute atomic E-state index is 0.112. The van der Waals surface area contributed by atoms with E-state index in [0.717, 1.165) is 19.0 Å². The van der Waals surface area contributed by atoms with Gasteiger partial charge in [0.2, 0.25) is 0 Å². The second kappa shape index (κ2) is 6.62.